The molecule has 0 aliphatic heterocycles. The van der Waals surface area contributed by atoms with Gasteiger partial charge in [-0.05, 0) is 42.3 Å². The Morgan fingerprint density at radius 2 is 1.69 bits per heavy atom. The molecule has 0 saturated heterocycles. The van der Waals surface area contributed by atoms with Crippen molar-refractivity contribution in [2.75, 3.05) is 0 Å². The maximum absolute atomic E-state index is 5.99. The first kappa shape index (κ1) is 18.6. The highest BCUT2D eigenvalue weighted by Gasteiger charge is 2.07. The lowest BCUT2D eigenvalue weighted by Crippen LogP contribution is -2.15. The van der Waals surface area contributed by atoms with E-state index in [0.29, 0.717) is 16.6 Å². The summed E-state index contributed by atoms with van der Waals surface area (Å²) >= 11 is 13.5. The van der Waals surface area contributed by atoms with E-state index in [1.807, 2.05) is 61.5 Å². The molecule has 26 heavy (non-hydrogen) atoms. The van der Waals surface area contributed by atoms with Gasteiger partial charge in [-0.15, -0.1) is 23.0 Å². The molecule has 0 unspecified atom stereocenters. The highest BCUT2D eigenvalue weighted by atomic mass is 35.5. The molecule has 3 nitrogen and oxygen atoms in total. The number of hydrogen-bond acceptors (Lipinski definition) is 3. The Kier molecular flexibility index (Phi) is 6.09. The third kappa shape index (κ3) is 4.33. The van der Waals surface area contributed by atoms with E-state index < -0.39 is 0 Å². The quantitative estimate of drug-likeness (QED) is 0.283. The van der Waals surface area contributed by atoms with Gasteiger partial charge in [0.05, 0.1) is 11.4 Å². The van der Waals surface area contributed by atoms with Crippen LogP contribution in [-0.2, 0) is 6.54 Å². The predicted molar refractivity (Wildman–Crippen MR) is 112 cm³/mol. The van der Waals surface area contributed by atoms with Crippen LogP contribution in [0.15, 0.2) is 76.8 Å². The SMILES string of the molecule is C=CCn1c(-c2ccc(Cl)cc2)cs/c1=N\N=C(\C)c1ccc(Cl)cc1. The Hall–Kier alpha value is -2.14. The van der Waals surface area contributed by atoms with Crippen molar-refractivity contribution in [3.8, 4) is 11.3 Å². The van der Waals surface area contributed by atoms with E-state index in [9.17, 15) is 0 Å². The monoisotopic (exact) mass is 401 g/mol. The molecule has 0 spiro atoms. The van der Waals surface area contributed by atoms with Crippen molar-refractivity contribution in [2.24, 2.45) is 10.2 Å². The van der Waals surface area contributed by atoms with E-state index in [2.05, 4.69) is 26.7 Å². The lowest BCUT2D eigenvalue weighted by Gasteiger charge is -2.06. The van der Waals surface area contributed by atoms with Gasteiger partial charge in [-0.3, -0.25) is 0 Å². The number of rotatable bonds is 5. The fourth-order valence-corrected chi connectivity index (χ4v) is 3.55. The maximum atomic E-state index is 5.99. The second-order valence-corrected chi connectivity index (χ2v) is 7.31. The fourth-order valence-electron chi connectivity index (χ4n) is 2.43. The zero-order valence-electron chi connectivity index (χ0n) is 14.2. The summed E-state index contributed by atoms with van der Waals surface area (Å²) in [6.45, 7) is 6.43. The molecule has 0 N–H and O–H groups in total. The van der Waals surface area contributed by atoms with Crippen LogP contribution in [-0.4, -0.2) is 10.3 Å². The number of benzene rings is 2. The van der Waals surface area contributed by atoms with Crippen molar-refractivity contribution >= 4 is 40.3 Å². The Bertz CT molecular complexity index is 997. The average Bonchev–Trinajstić information content (AvgIpc) is 3.04. The van der Waals surface area contributed by atoms with E-state index in [1.165, 1.54) is 0 Å². The first-order valence-electron chi connectivity index (χ1n) is 7.98. The molecule has 0 aliphatic carbocycles. The molecule has 0 atom stereocenters. The minimum absolute atomic E-state index is 0.649. The molecule has 1 heterocycles. The summed E-state index contributed by atoms with van der Waals surface area (Å²) in [6, 6.07) is 15.3. The van der Waals surface area contributed by atoms with Crippen molar-refractivity contribution < 1.29 is 0 Å². The van der Waals surface area contributed by atoms with Crippen LogP contribution in [0.25, 0.3) is 11.3 Å². The zero-order valence-corrected chi connectivity index (χ0v) is 16.5. The average molecular weight is 402 g/mol. The Morgan fingerprint density at radius 1 is 1.08 bits per heavy atom. The molecule has 0 amide bonds. The highest BCUT2D eigenvalue weighted by molar-refractivity contribution is 7.07. The van der Waals surface area contributed by atoms with E-state index >= 15 is 0 Å². The molecule has 1 aromatic heterocycles. The number of thiazole rings is 1. The van der Waals surface area contributed by atoms with Crippen LogP contribution in [0, 0.1) is 0 Å². The molecule has 3 rings (SSSR count). The maximum Gasteiger partial charge on any atom is 0.211 e. The summed E-state index contributed by atoms with van der Waals surface area (Å²) in [5.74, 6) is 0. The molecule has 0 saturated carbocycles. The number of hydrogen-bond donors (Lipinski definition) is 0. The van der Waals surface area contributed by atoms with Crippen LogP contribution >= 0.6 is 34.5 Å². The lowest BCUT2D eigenvalue weighted by molar-refractivity contribution is 0.788. The molecular weight excluding hydrogens is 385 g/mol. The van der Waals surface area contributed by atoms with Gasteiger partial charge in [0.25, 0.3) is 0 Å². The second kappa shape index (κ2) is 8.49. The Balaban J connectivity index is 2.00. The van der Waals surface area contributed by atoms with Crippen LogP contribution in [0.5, 0.6) is 0 Å². The van der Waals surface area contributed by atoms with E-state index in [0.717, 1.165) is 27.3 Å². The van der Waals surface area contributed by atoms with Gasteiger partial charge in [0.15, 0.2) is 0 Å². The molecule has 0 fully saturated rings. The standard InChI is InChI=1S/C20H17Cl2N3S/c1-3-12-25-19(16-6-10-18(22)11-7-16)13-26-20(25)24-23-14(2)15-4-8-17(21)9-5-15/h3-11,13H,1,12H2,2H3/b23-14-,24-20-. The summed E-state index contributed by atoms with van der Waals surface area (Å²) in [4.78, 5) is 0.808. The van der Waals surface area contributed by atoms with E-state index in [-0.39, 0.29) is 0 Å². The van der Waals surface area contributed by atoms with Gasteiger partial charge < -0.3 is 4.57 Å². The minimum atomic E-state index is 0.649. The van der Waals surface area contributed by atoms with Crippen LogP contribution < -0.4 is 4.80 Å². The van der Waals surface area contributed by atoms with E-state index in [1.54, 1.807) is 11.3 Å². The number of allylic oxidation sites excluding steroid dienone is 1. The first-order chi connectivity index (χ1) is 12.6. The van der Waals surface area contributed by atoms with Gasteiger partial charge in [-0.25, -0.2) is 0 Å². The third-order valence-electron chi connectivity index (χ3n) is 3.80. The van der Waals surface area contributed by atoms with Gasteiger partial charge in [0.1, 0.15) is 0 Å². The normalized spacial score (nSPS) is 12.4. The van der Waals surface area contributed by atoms with Crippen molar-refractivity contribution in [1.82, 2.24) is 4.57 Å². The Labute approximate surface area is 166 Å². The fraction of sp³-hybridized carbons (Fsp3) is 0.100. The summed E-state index contributed by atoms with van der Waals surface area (Å²) in [6.07, 6.45) is 1.85. The van der Waals surface area contributed by atoms with Crippen molar-refractivity contribution in [2.45, 2.75) is 13.5 Å². The van der Waals surface area contributed by atoms with Gasteiger partial charge in [-0.2, -0.15) is 5.10 Å². The number of aromatic nitrogens is 1. The smallest absolute Gasteiger partial charge is 0.211 e. The summed E-state index contributed by atoms with van der Waals surface area (Å²) < 4.78 is 2.08. The lowest BCUT2D eigenvalue weighted by atomic mass is 10.1. The minimum Gasteiger partial charge on any atom is -0.311 e. The van der Waals surface area contributed by atoms with Crippen LogP contribution in [0.3, 0.4) is 0 Å². The van der Waals surface area contributed by atoms with Crippen LogP contribution in [0.4, 0.5) is 0 Å². The van der Waals surface area contributed by atoms with Crippen molar-refractivity contribution in [1.29, 1.82) is 0 Å². The molecular formula is C20H17Cl2N3S. The Morgan fingerprint density at radius 3 is 2.31 bits per heavy atom. The molecule has 6 heteroatoms. The molecule has 0 radical (unpaired) electrons. The van der Waals surface area contributed by atoms with Crippen LogP contribution in [0.1, 0.15) is 12.5 Å². The largest absolute Gasteiger partial charge is 0.311 e. The highest BCUT2D eigenvalue weighted by Crippen LogP contribution is 2.22. The summed E-state index contributed by atoms with van der Waals surface area (Å²) in [7, 11) is 0. The van der Waals surface area contributed by atoms with Crippen molar-refractivity contribution in [3.05, 3.63) is 87.0 Å². The first-order valence-corrected chi connectivity index (χ1v) is 9.61. The molecule has 2 aromatic carbocycles. The van der Waals surface area contributed by atoms with E-state index in [4.69, 9.17) is 23.2 Å². The van der Waals surface area contributed by atoms with Gasteiger partial charge in [0.2, 0.25) is 4.80 Å². The predicted octanol–water partition coefficient (Wildman–Crippen LogP) is 6.03. The van der Waals surface area contributed by atoms with Crippen LogP contribution in [0.2, 0.25) is 10.0 Å². The number of halogens is 2. The molecule has 0 bridgehead atoms. The summed E-state index contributed by atoms with van der Waals surface area (Å²) in [5.41, 5.74) is 3.95. The summed E-state index contributed by atoms with van der Waals surface area (Å²) in [5, 5.41) is 12.3. The number of nitrogens with zero attached hydrogens (tertiary/aromatic N) is 3. The topological polar surface area (TPSA) is 29.6 Å². The molecule has 0 aliphatic rings. The second-order valence-electron chi connectivity index (χ2n) is 5.60. The molecule has 132 valence electrons. The molecule has 3 aromatic rings. The van der Waals surface area contributed by atoms with Crippen molar-refractivity contribution in [3.63, 3.8) is 0 Å². The van der Waals surface area contributed by atoms with Gasteiger partial charge in [0, 0.05) is 22.0 Å². The van der Waals surface area contributed by atoms with Gasteiger partial charge in [-0.1, -0.05) is 53.5 Å². The van der Waals surface area contributed by atoms with Gasteiger partial charge >= 0.3 is 0 Å². The zero-order chi connectivity index (χ0) is 18.5. The third-order valence-corrected chi connectivity index (χ3v) is 5.15.